The van der Waals surface area contributed by atoms with Crippen molar-refractivity contribution in [2.45, 2.75) is 44.2 Å². The molecule has 2 fully saturated rings. The molecule has 0 saturated carbocycles. The molecular weight excluding hydrogens is 366 g/mol. The molecule has 148 valence electrons. The van der Waals surface area contributed by atoms with Gasteiger partial charge in [0, 0.05) is 12.5 Å². The zero-order valence-corrected chi connectivity index (χ0v) is 16.3. The number of nitrogens with zero attached hydrogens (tertiary/aromatic N) is 3. The number of carbonyl (C=O) groups is 2. The SMILES string of the molecule is CCCCN1C(=O)C2CC3C(=Nc4ccccc43)C(c3cccc(O)c3)N2C1=O. The quantitative estimate of drug-likeness (QED) is 0.799. The number of unbranched alkanes of at least 4 members (excludes halogenated alkanes) is 1. The van der Waals surface area contributed by atoms with E-state index in [0.717, 1.165) is 35.4 Å². The predicted octanol–water partition coefficient (Wildman–Crippen LogP) is 4.14. The third-order valence-corrected chi connectivity index (χ3v) is 6.20. The lowest BCUT2D eigenvalue weighted by atomic mass is 9.79. The normalized spacial score (nSPS) is 25.0. The summed E-state index contributed by atoms with van der Waals surface area (Å²) >= 11 is 0. The van der Waals surface area contributed by atoms with Gasteiger partial charge < -0.3 is 5.11 Å². The summed E-state index contributed by atoms with van der Waals surface area (Å²) in [6, 6.07) is 13.7. The summed E-state index contributed by atoms with van der Waals surface area (Å²) < 4.78 is 0. The third kappa shape index (κ3) is 2.66. The van der Waals surface area contributed by atoms with Crippen LogP contribution in [0.25, 0.3) is 0 Å². The second-order valence-corrected chi connectivity index (χ2v) is 7.93. The van der Waals surface area contributed by atoms with Crippen LogP contribution in [0.3, 0.4) is 0 Å². The number of fused-ring (bicyclic) bond motifs is 4. The number of para-hydroxylation sites is 1. The van der Waals surface area contributed by atoms with Gasteiger partial charge in [-0.2, -0.15) is 0 Å². The first-order valence-corrected chi connectivity index (χ1v) is 10.2. The van der Waals surface area contributed by atoms with Crippen LogP contribution in [0, 0.1) is 0 Å². The molecule has 0 spiro atoms. The van der Waals surface area contributed by atoms with Gasteiger partial charge in [0.05, 0.1) is 17.4 Å². The smallest absolute Gasteiger partial charge is 0.328 e. The first kappa shape index (κ1) is 17.9. The minimum absolute atomic E-state index is 0.00248. The Kier molecular flexibility index (Phi) is 4.15. The topological polar surface area (TPSA) is 73.2 Å². The van der Waals surface area contributed by atoms with Crippen molar-refractivity contribution in [3.63, 3.8) is 0 Å². The molecule has 0 aliphatic carbocycles. The van der Waals surface area contributed by atoms with Gasteiger partial charge in [-0.1, -0.05) is 43.7 Å². The summed E-state index contributed by atoms with van der Waals surface area (Å²) in [6.07, 6.45) is 2.26. The minimum atomic E-state index is -0.498. The van der Waals surface area contributed by atoms with E-state index in [4.69, 9.17) is 4.99 Å². The number of aromatic hydroxyl groups is 1. The van der Waals surface area contributed by atoms with E-state index in [2.05, 4.69) is 6.07 Å². The Labute approximate surface area is 169 Å². The summed E-state index contributed by atoms with van der Waals surface area (Å²) in [7, 11) is 0. The van der Waals surface area contributed by atoms with Gasteiger partial charge in [-0.25, -0.2) is 4.79 Å². The van der Waals surface area contributed by atoms with E-state index < -0.39 is 12.1 Å². The maximum Gasteiger partial charge on any atom is 0.328 e. The van der Waals surface area contributed by atoms with Crippen LogP contribution in [0.15, 0.2) is 53.5 Å². The van der Waals surface area contributed by atoms with Crippen LogP contribution in [0.5, 0.6) is 5.75 Å². The van der Waals surface area contributed by atoms with Gasteiger partial charge in [-0.05, 0) is 42.2 Å². The van der Waals surface area contributed by atoms with Crippen LogP contribution < -0.4 is 0 Å². The highest BCUT2D eigenvalue weighted by Gasteiger charge is 2.55. The molecule has 3 aliphatic heterocycles. The van der Waals surface area contributed by atoms with Crippen LogP contribution in [0.1, 0.15) is 49.3 Å². The van der Waals surface area contributed by atoms with Gasteiger partial charge in [0.15, 0.2) is 0 Å². The molecule has 0 bridgehead atoms. The number of piperidine rings is 1. The molecule has 0 radical (unpaired) electrons. The number of phenols is 1. The van der Waals surface area contributed by atoms with Crippen molar-refractivity contribution in [3.8, 4) is 5.75 Å². The van der Waals surface area contributed by atoms with E-state index in [1.165, 1.54) is 4.90 Å². The molecular formula is C23H23N3O3. The van der Waals surface area contributed by atoms with Gasteiger partial charge in [0.25, 0.3) is 5.91 Å². The molecule has 6 heteroatoms. The summed E-state index contributed by atoms with van der Waals surface area (Å²) in [5.74, 6) is 0.0257. The molecule has 6 nitrogen and oxygen atoms in total. The lowest BCUT2D eigenvalue weighted by molar-refractivity contribution is -0.128. The number of phenolic OH excluding ortho intramolecular Hbond substituents is 1. The van der Waals surface area contributed by atoms with Crippen molar-refractivity contribution in [1.82, 2.24) is 9.80 Å². The summed E-state index contributed by atoms with van der Waals surface area (Å²) in [6.45, 7) is 2.49. The Morgan fingerprint density at radius 1 is 1.14 bits per heavy atom. The number of hydrogen-bond donors (Lipinski definition) is 1. The first-order chi connectivity index (χ1) is 14.1. The zero-order chi connectivity index (χ0) is 20.1. The molecule has 3 heterocycles. The van der Waals surface area contributed by atoms with Crippen LogP contribution in [-0.2, 0) is 4.79 Å². The zero-order valence-electron chi connectivity index (χ0n) is 16.3. The van der Waals surface area contributed by atoms with Crippen molar-refractivity contribution < 1.29 is 14.7 Å². The van der Waals surface area contributed by atoms with E-state index in [1.807, 2.05) is 31.2 Å². The maximum absolute atomic E-state index is 13.3. The Morgan fingerprint density at radius 2 is 1.97 bits per heavy atom. The highest BCUT2D eigenvalue weighted by molar-refractivity contribution is 6.11. The van der Waals surface area contributed by atoms with Crippen LogP contribution in [0.4, 0.5) is 10.5 Å². The Hall–Kier alpha value is -3.15. The first-order valence-electron chi connectivity index (χ1n) is 10.2. The van der Waals surface area contributed by atoms with Crippen molar-refractivity contribution in [2.75, 3.05) is 6.54 Å². The highest BCUT2D eigenvalue weighted by atomic mass is 16.3. The number of aliphatic imine (C=N–C) groups is 1. The molecule has 5 rings (SSSR count). The van der Waals surface area contributed by atoms with Gasteiger partial charge in [0.2, 0.25) is 0 Å². The lowest BCUT2D eigenvalue weighted by Gasteiger charge is -2.39. The van der Waals surface area contributed by atoms with E-state index in [1.54, 1.807) is 23.1 Å². The number of hydrogen-bond acceptors (Lipinski definition) is 4. The molecule has 3 atom stereocenters. The Bertz CT molecular complexity index is 1030. The highest BCUT2D eigenvalue weighted by Crippen LogP contribution is 2.50. The fraction of sp³-hybridized carbons (Fsp3) is 0.348. The predicted molar refractivity (Wildman–Crippen MR) is 109 cm³/mol. The Morgan fingerprint density at radius 3 is 2.76 bits per heavy atom. The average Bonchev–Trinajstić information content (AvgIpc) is 3.20. The van der Waals surface area contributed by atoms with E-state index in [9.17, 15) is 14.7 Å². The third-order valence-electron chi connectivity index (χ3n) is 6.20. The number of benzene rings is 2. The summed E-state index contributed by atoms with van der Waals surface area (Å²) in [5, 5.41) is 10.1. The second kappa shape index (κ2) is 6.72. The van der Waals surface area contributed by atoms with Gasteiger partial charge >= 0.3 is 6.03 Å². The largest absolute Gasteiger partial charge is 0.508 e. The van der Waals surface area contributed by atoms with Crippen molar-refractivity contribution >= 4 is 23.3 Å². The molecule has 1 N–H and O–H groups in total. The van der Waals surface area contributed by atoms with Gasteiger partial charge in [-0.3, -0.25) is 19.6 Å². The van der Waals surface area contributed by atoms with Crippen LogP contribution in [-0.4, -0.2) is 45.1 Å². The fourth-order valence-corrected chi connectivity index (χ4v) is 4.84. The van der Waals surface area contributed by atoms with Crippen LogP contribution in [0.2, 0.25) is 0 Å². The van der Waals surface area contributed by atoms with Crippen molar-refractivity contribution in [3.05, 3.63) is 59.7 Å². The number of carbonyl (C=O) groups excluding carboxylic acids is 2. The Balaban J connectivity index is 1.63. The summed E-state index contributed by atoms with van der Waals surface area (Å²) in [4.78, 5) is 34.4. The fourth-order valence-electron chi connectivity index (χ4n) is 4.84. The second-order valence-electron chi connectivity index (χ2n) is 7.93. The molecule has 2 aromatic rings. The van der Waals surface area contributed by atoms with Gasteiger partial charge in [-0.15, -0.1) is 0 Å². The van der Waals surface area contributed by atoms with Crippen LogP contribution >= 0.6 is 0 Å². The number of imide groups is 1. The van der Waals surface area contributed by atoms with E-state index >= 15 is 0 Å². The molecule has 3 aliphatic rings. The minimum Gasteiger partial charge on any atom is -0.508 e. The number of urea groups is 1. The van der Waals surface area contributed by atoms with Gasteiger partial charge in [0.1, 0.15) is 11.8 Å². The van der Waals surface area contributed by atoms with E-state index in [-0.39, 0.29) is 23.6 Å². The molecule has 3 unspecified atom stereocenters. The lowest BCUT2D eigenvalue weighted by Crippen LogP contribution is -2.48. The monoisotopic (exact) mass is 389 g/mol. The molecule has 29 heavy (non-hydrogen) atoms. The summed E-state index contributed by atoms with van der Waals surface area (Å²) in [5.41, 5.74) is 3.68. The van der Waals surface area contributed by atoms with E-state index in [0.29, 0.717) is 13.0 Å². The van der Waals surface area contributed by atoms with Crippen molar-refractivity contribution in [1.29, 1.82) is 0 Å². The average molecular weight is 389 g/mol. The standard InChI is InChI=1S/C23H23N3O3/c1-2-3-11-25-22(28)19-13-17-16-9-4-5-10-18(16)24-20(17)21(26(19)23(25)29)14-7-6-8-15(27)12-14/h4-10,12,17,19,21,27H,2-3,11,13H2,1H3. The molecule has 3 amide bonds. The molecule has 2 aromatic carbocycles. The number of amides is 3. The molecule has 0 aromatic heterocycles. The maximum atomic E-state index is 13.3. The molecule has 2 saturated heterocycles. The van der Waals surface area contributed by atoms with Crippen molar-refractivity contribution in [2.24, 2.45) is 4.99 Å². The number of rotatable bonds is 4.